The Morgan fingerprint density at radius 2 is 1.24 bits per heavy atom. The monoisotopic (exact) mass is 426 g/mol. The molecule has 0 atom stereocenters. The maximum Gasteiger partial charge on any atom is 0.266 e. The second kappa shape index (κ2) is 8.28. The quantitative estimate of drug-likeness (QED) is 0.379. The van der Waals surface area contributed by atoms with Gasteiger partial charge in [0.2, 0.25) is 5.88 Å². The lowest BCUT2D eigenvalue weighted by atomic mass is 9.40. The van der Waals surface area contributed by atoms with Crippen molar-refractivity contribution in [2.75, 3.05) is 0 Å². The molecule has 4 nitrogen and oxygen atoms in total. The summed E-state index contributed by atoms with van der Waals surface area (Å²) in [5, 5.41) is 0. The summed E-state index contributed by atoms with van der Waals surface area (Å²) in [6.07, 6.45) is 3.56. The highest BCUT2D eigenvalue weighted by molar-refractivity contribution is 6.98. The van der Waals surface area contributed by atoms with Crippen molar-refractivity contribution in [3.63, 3.8) is 0 Å². The molecule has 0 saturated heterocycles. The lowest BCUT2D eigenvalue weighted by molar-refractivity contribution is 0.449. The second-order valence-electron chi connectivity index (χ2n) is 7.87. The van der Waals surface area contributed by atoms with Crippen molar-refractivity contribution in [2.45, 2.75) is 0 Å². The fourth-order valence-electron chi connectivity index (χ4n) is 4.38. The van der Waals surface area contributed by atoms with Crippen LogP contribution in [0, 0.1) is 0 Å². The number of hydrogen-bond donors (Lipinski definition) is 0. The van der Waals surface area contributed by atoms with Gasteiger partial charge < -0.3 is 9.47 Å². The van der Waals surface area contributed by atoms with Gasteiger partial charge in [-0.05, 0) is 53.6 Å². The molecule has 6 rings (SSSR count). The van der Waals surface area contributed by atoms with Crippen LogP contribution in [0.15, 0.2) is 116 Å². The Labute approximate surface area is 192 Å². The molecule has 0 amide bonds. The van der Waals surface area contributed by atoms with E-state index in [4.69, 9.17) is 9.47 Å². The molecule has 0 aliphatic carbocycles. The molecule has 0 N–H and O–H groups in total. The van der Waals surface area contributed by atoms with E-state index < -0.39 is 0 Å². The number of aromatic nitrogens is 2. The Hall–Kier alpha value is -4.38. The first kappa shape index (κ1) is 19.3. The van der Waals surface area contributed by atoms with Gasteiger partial charge in [-0.1, -0.05) is 59.5 Å². The van der Waals surface area contributed by atoms with Gasteiger partial charge in [0, 0.05) is 30.1 Å². The maximum absolute atomic E-state index is 6.24. The van der Waals surface area contributed by atoms with E-state index in [1.807, 2.05) is 66.9 Å². The predicted octanol–water partition coefficient (Wildman–Crippen LogP) is 4.56. The van der Waals surface area contributed by atoms with Gasteiger partial charge in [-0.3, -0.25) is 4.98 Å². The SMILES string of the molecule is c1ccc(Oc2cccc(Oc3ccc4c(c3)B(c3ccccn3)c3ccccc3-4)c2)nc1. The predicted molar refractivity (Wildman–Crippen MR) is 132 cm³/mol. The zero-order chi connectivity index (χ0) is 22.0. The summed E-state index contributed by atoms with van der Waals surface area (Å²) in [6, 6.07) is 34.1. The van der Waals surface area contributed by atoms with E-state index in [1.54, 1.807) is 6.20 Å². The van der Waals surface area contributed by atoms with Crippen LogP contribution in [-0.2, 0) is 0 Å². The highest BCUT2D eigenvalue weighted by atomic mass is 16.5. The van der Waals surface area contributed by atoms with Gasteiger partial charge in [0.15, 0.2) is 0 Å². The molecule has 5 heteroatoms. The van der Waals surface area contributed by atoms with E-state index in [0.29, 0.717) is 17.4 Å². The average Bonchev–Trinajstić information content (AvgIpc) is 3.19. The first-order valence-corrected chi connectivity index (χ1v) is 10.9. The molecule has 1 aliphatic heterocycles. The second-order valence-corrected chi connectivity index (χ2v) is 7.87. The molecule has 0 unspecified atom stereocenters. The molecule has 0 saturated carbocycles. The van der Waals surface area contributed by atoms with Gasteiger partial charge in [0.05, 0.1) is 0 Å². The van der Waals surface area contributed by atoms with Crippen molar-refractivity contribution in [1.82, 2.24) is 9.97 Å². The zero-order valence-electron chi connectivity index (χ0n) is 17.8. The Balaban J connectivity index is 1.33. The molecule has 1 aliphatic rings. The van der Waals surface area contributed by atoms with Crippen molar-refractivity contribution in [3.05, 3.63) is 116 Å². The van der Waals surface area contributed by atoms with Gasteiger partial charge >= 0.3 is 0 Å². The topological polar surface area (TPSA) is 44.2 Å². The van der Waals surface area contributed by atoms with Crippen molar-refractivity contribution in [3.8, 4) is 34.3 Å². The van der Waals surface area contributed by atoms with Gasteiger partial charge in [0.25, 0.3) is 6.71 Å². The molecular formula is C28H19BN2O2. The number of nitrogens with zero attached hydrogens (tertiary/aromatic N) is 2. The van der Waals surface area contributed by atoms with E-state index in [1.165, 1.54) is 22.1 Å². The van der Waals surface area contributed by atoms with Crippen molar-refractivity contribution in [2.24, 2.45) is 0 Å². The molecular weight excluding hydrogens is 407 g/mol. The van der Waals surface area contributed by atoms with Crippen LogP contribution in [0.3, 0.4) is 0 Å². The van der Waals surface area contributed by atoms with E-state index in [-0.39, 0.29) is 6.71 Å². The summed E-state index contributed by atoms with van der Waals surface area (Å²) < 4.78 is 12.1. The average molecular weight is 426 g/mol. The summed E-state index contributed by atoms with van der Waals surface area (Å²) in [5.41, 5.74) is 5.98. The van der Waals surface area contributed by atoms with Crippen molar-refractivity contribution < 1.29 is 9.47 Å². The van der Waals surface area contributed by atoms with Crippen LogP contribution in [-0.4, -0.2) is 16.7 Å². The van der Waals surface area contributed by atoms with Crippen molar-refractivity contribution >= 4 is 23.2 Å². The van der Waals surface area contributed by atoms with Gasteiger partial charge in [-0.15, -0.1) is 0 Å². The van der Waals surface area contributed by atoms with Crippen LogP contribution in [0.2, 0.25) is 0 Å². The van der Waals surface area contributed by atoms with Crippen LogP contribution >= 0.6 is 0 Å². The van der Waals surface area contributed by atoms with Crippen LogP contribution in [0.4, 0.5) is 0 Å². The Kier molecular flexibility index (Phi) is 4.85. The fraction of sp³-hybridized carbons (Fsp3) is 0. The van der Waals surface area contributed by atoms with E-state index in [9.17, 15) is 0 Å². The standard InChI is InChI=1S/C28H19BN2O2/c1-2-11-25-23(10-1)24-15-14-22(19-26(24)29(25)27-12-3-5-16-30-27)32-20-8-7-9-21(18-20)33-28-13-4-6-17-31-28/h1-19H. The lowest BCUT2D eigenvalue weighted by Crippen LogP contribution is -2.50. The number of fused-ring (bicyclic) bond motifs is 3. The van der Waals surface area contributed by atoms with E-state index >= 15 is 0 Å². The third-order valence-electron chi connectivity index (χ3n) is 5.78. The number of pyridine rings is 2. The third kappa shape index (κ3) is 3.74. The Morgan fingerprint density at radius 3 is 2.06 bits per heavy atom. The first-order chi connectivity index (χ1) is 16.3. The van der Waals surface area contributed by atoms with Crippen LogP contribution < -0.4 is 26.0 Å². The molecule has 0 radical (unpaired) electrons. The van der Waals surface area contributed by atoms with Gasteiger partial charge in [-0.25, -0.2) is 4.98 Å². The highest BCUT2D eigenvalue weighted by Gasteiger charge is 2.34. The van der Waals surface area contributed by atoms with Crippen LogP contribution in [0.5, 0.6) is 23.1 Å². The molecule has 0 bridgehead atoms. The third-order valence-corrected chi connectivity index (χ3v) is 5.78. The number of hydrogen-bond acceptors (Lipinski definition) is 4. The lowest BCUT2D eigenvalue weighted by Gasteiger charge is -2.12. The maximum atomic E-state index is 6.24. The molecule has 0 fully saturated rings. The fourth-order valence-corrected chi connectivity index (χ4v) is 4.38. The minimum atomic E-state index is 0.0831. The molecule has 33 heavy (non-hydrogen) atoms. The Bertz CT molecular complexity index is 1420. The Morgan fingerprint density at radius 1 is 0.515 bits per heavy atom. The number of benzene rings is 3. The number of rotatable bonds is 5. The largest absolute Gasteiger partial charge is 0.457 e. The van der Waals surface area contributed by atoms with Crippen LogP contribution in [0.1, 0.15) is 0 Å². The summed E-state index contributed by atoms with van der Waals surface area (Å²) in [5.74, 6) is 2.69. The summed E-state index contributed by atoms with van der Waals surface area (Å²) >= 11 is 0. The molecule has 3 heterocycles. The van der Waals surface area contributed by atoms with Crippen molar-refractivity contribution in [1.29, 1.82) is 0 Å². The van der Waals surface area contributed by atoms with Gasteiger partial charge in [-0.2, -0.15) is 0 Å². The molecule has 5 aromatic rings. The molecule has 2 aromatic heterocycles. The molecule has 0 spiro atoms. The summed E-state index contributed by atoms with van der Waals surface area (Å²) in [4.78, 5) is 8.88. The smallest absolute Gasteiger partial charge is 0.266 e. The molecule has 3 aromatic carbocycles. The van der Waals surface area contributed by atoms with Crippen LogP contribution in [0.25, 0.3) is 11.1 Å². The minimum absolute atomic E-state index is 0.0831. The number of ether oxygens (including phenoxy) is 2. The van der Waals surface area contributed by atoms with E-state index in [2.05, 4.69) is 52.4 Å². The first-order valence-electron chi connectivity index (χ1n) is 10.9. The van der Waals surface area contributed by atoms with Gasteiger partial charge in [0.1, 0.15) is 17.2 Å². The van der Waals surface area contributed by atoms with E-state index in [0.717, 1.165) is 11.3 Å². The summed E-state index contributed by atoms with van der Waals surface area (Å²) in [6.45, 7) is 0.0831. The molecule has 156 valence electrons. The minimum Gasteiger partial charge on any atom is -0.457 e. The normalized spacial score (nSPS) is 11.6. The highest BCUT2D eigenvalue weighted by Crippen LogP contribution is 2.30. The summed E-state index contributed by atoms with van der Waals surface area (Å²) in [7, 11) is 0. The zero-order valence-corrected chi connectivity index (χ0v) is 17.8.